The summed E-state index contributed by atoms with van der Waals surface area (Å²) in [6.07, 6.45) is 6.16. The molecule has 1 heterocycles. The Bertz CT molecular complexity index is 607. The van der Waals surface area contributed by atoms with Crippen molar-refractivity contribution in [3.63, 3.8) is 0 Å². The Morgan fingerprint density at radius 1 is 1.22 bits per heavy atom. The number of anilines is 1. The monoisotopic (exact) mass is 332 g/mol. The fourth-order valence-corrected chi connectivity index (χ4v) is 7.52. The highest BCUT2D eigenvalue weighted by atomic mass is 31.2. The van der Waals surface area contributed by atoms with Crippen molar-refractivity contribution in [2.24, 2.45) is 0 Å². The summed E-state index contributed by atoms with van der Waals surface area (Å²) in [5.74, 6) is -0.0154. The van der Waals surface area contributed by atoms with E-state index in [4.69, 9.17) is 5.26 Å². The van der Waals surface area contributed by atoms with E-state index in [-0.39, 0.29) is 11.7 Å². The van der Waals surface area contributed by atoms with Crippen LogP contribution in [-0.2, 0) is 4.79 Å². The van der Waals surface area contributed by atoms with Crippen LogP contribution in [0.2, 0.25) is 0 Å². The highest BCUT2D eigenvalue weighted by Crippen LogP contribution is 2.62. The molecule has 0 spiro atoms. The van der Waals surface area contributed by atoms with Crippen molar-refractivity contribution in [1.82, 2.24) is 5.32 Å². The summed E-state index contributed by atoms with van der Waals surface area (Å²) in [6, 6.07) is 5.82. The summed E-state index contributed by atoms with van der Waals surface area (Å²) >= 11 is 0. The molecule has 0 saturated carbocycles. The summed E-state index contributed by atoms with van der Waals surface area (Å²) in [4.78, 5) is 12.9. The lowest BCUT2D eigenvalue weighted by Gasteiger charge is -2.33. The lowest BCUT2D eigenvalue weighted by atomic mass is 10.0. The first-order chi connectivity index (χ1) is 10.9. The molecule has 124 valence electrons. The van der Waals surface area contributed by atoms with E-state index in [0.717, 1.165) is 16.8 Å². The number of carbonyl (C=O) groups is 1. The Morgan fingerprint density at radius 3 is 2.26 bits per heavy atom. The summed E-state index contributed by atoms with van der Waals surface area (Å²) in [6.45, 7) is 6.20. The lowest BCUT2D eigenvalue weighted by Crippen LogP contribution is -2.42. The molecule has 5 heteroatoms. The van der Waals surface area contributed by atoms with Crippen LogP contribution in [0.1, 0.15) is 36.0 Å². The van der Waals surface area contributed by atoms with E-state index in [9.17, 15) is 4.79 Å². The molecule has 0 bridgehead atoms. The highest BCUT2D eigenvalue weighted by molar-refractivity contribution is 7.76. The molecule has 1 aliphatic rings. The summed E-state index contributed by atoms with van der Waals surface area (Å²) in [5.41, 5.74) is 3.36. The zero-order valence-corrected chi connectivity index (χ0v) is 15.5. The van der Waals surface area contributed by atoms with E-state index in [0.29, 0.717) is 5.56 Å². The normalized spacial score (nSPS) is 18.0. The van der Waals surface area contributed by atoms with Crippen LogP contribution in [0.25, 0.3) is 0 Å². The smallest absolute Gasteiger partial charge is 0.280 e. The molecular weight excluding hydrogens is 305 g/mol. The molecule has 23 heavy (non-hydrogen) atoms. The van der Waals surface area contributed by atoms with Crippen molar-refractivity contribution >= 4 is 18.9 Å². The first kappa shape index (κ1) is 17.9. The minimum atomic E-state index is -1.29. The van der Waals surface area contributed by atoms with E-state index in [1.54, 1.807) is 0 Å². The van der Waals surface area contributed by atoms with E-state index < -0.39 is 7.26 Å². The van der Waals surface area contributed by atoms with Crippen molar-refractivity contribution in [1.29, 1.82) is 5.26 Å². The molecule has 1 aromatic carbocycles. The standard InChI is InChI=1S/C18H26N3OP/c1-13-10-15(12-19)11-14(2)16(13)21-17(22)18(20-3)23(4)8-6-5-7-9-23/h10-11,18,20H,5-9H2,1-4H3/p+1. The number of amides is 1. The zero-order valence-electron chi connectivity index (χ0n) is 14.6. The Hall–Kier alpha value is -1.43. The first-order valence-corrected chi connectivity index (χ1v) is 10.9. The van der Waals surface area contributed by atoms with Crippen molar-refractivity contribution in [2.45, 2.75) is 38.9 Å². The van der Waals surface area contributed by atoms with Gasteiger partial charge in [0.2, 0.25) is 0 Å². The van der Waals surface area contributed by atoms with Crippen molar-refractivity contribution in [2.75, 3.05) is 31.4 Å². The molecule has 1 aromatic rings. The Morgan fingerprint density at radius 2 is 1.78 bits per heavy atom. The Kier molecular flexibility index (Phi) is 5.79. The maximum absolute atomic E-state index is 12.9. The molecular formula is C18H27N3OP+. The molecule has 1 saturated heterocycles. The van der Waals surface area contributed by atoms with Gasteiger partial charge in [0.15, 0.2) is 5.78 Å². The molecule has 1 aliphatic heterocycles. The maximum atomic E-state index is 12.9. The molecule has 2 N–H and O–H groups in total. The van der Waals surface area contributed by atoms with Gasteiger partial charge in [0.1, 0.15) is 0 Å². The number of aryl methyl sites for hydroxylation is 2. The van der Waals surface area contributed by atoms with Crippen LogP contribution in [0.3, 0.4) is 0 Å². The van der Waals surface area contributed by atoms with Crippen LogP contribution in [-0.4, -0.2) is 37.7 Å². The van der Waals surface area contributed by atoms with Gasteiger partial charge in [-0.05, 0) is 63.4 Å². The van der Waals surface area contributed by atoms with Crippen LogP contribution in [0, 0.1) is 25.2 Å². The number of nitrogens with one attached hydrogen (secondary N) is 2. The largest absolute Gasteiger partial charge is 0.321 e. The quantitative estimate of drug-likeness (QED) is 0.830. The van der Waals surface area contributed by atoms with Crippen molar-refractivity contribution < 1.29 is 4.79 Å². The molecule has 1 amide bonds. The lowest BCUT2D eigenvalue weighted by molar-refractivity contribution is -0.116. The number of rotatable bonds is 4. The van der Waals surface area contributed by atoms with Crippen LogP contribution in [0.4, 0.5) is 5.69 Å². The van der Waals surface area contributed by atoms with Gasteiger partial charge >= 0.3 is 0 Å². The van der Waals surface area contributed by atoms with Gasteiger partial charge in [0.05, 0.1) is 30.6 Å². The van der Waals surface area contributed by atoms with E-state index in [1.807, 2.05) is 33.0 Å². The number of nitrogens with zero attached hydrogens (tertiary/aromatic N) is 1. The fraction of sp³-hybridized carbons (Fsp3) is 0.556. The van der Waals surface area contributed by atoms with Crippen LogP contribution >= 0.6 is 7.26 Å². The van der Waals surface area contributed by atoms with Gasteiger partial charge in [-0.3, -0.25) is 10.1 Å². The zero-order chi connectivity index (χ0) is 17.0. The number of likely N-dealkylation sites (N-methyl/N-ethyl adjacent to an activating group) is 1. The van der Waals surface area contributed by atoms with Gasteiger partial charge in [0, 0.05) is 12.9 Å². The average Bonchev–Trinajstić information content (AvgIpc) is 2.51. The second-order valence-corrected chi connectivity index (χ2v) is 11.1. The van der Waals surface area contributed by atoms with E-state index in [2.05, 4.69) is 23.4 Å². The number of benzene rings is 1. The molecule has 0 radical (unpaired) electrons. The van der Waals surface area contributed by atoms with Gasteiger partial charge in [-0.25, -0.2) is 0 Å². The fourth-order valence-electron chi connectivity index (χ4n) is 3.64. The van der Waals surface area contributed by atoms with Crippen molar-refractivity contribution in [3.05, 3.63) is 28.8 Å². The van der Waals surface area contributed by atoms with E-state index >= 15 is 0 Å². The Labute approximate surface area is 140 Å². The summed E-state index contributed by atoms with van der Waals surface area (Å²) in [5, 5.41) is 15.4. The Balaban J connectivity index is 2.22. The van der Waals surface area contributed by atoms with Crippen LogP contribution < -0.4 is 10.6 Å². The molecule has 2 rings (SSSR count). The van der Waals surface area contributed by atoms with Gasteiger partial charge in [-0.2, -0.15) is 5.26 Å². The molecule has 4 nitrogen and oxygen atoms in total. The minimum absolute atomic E-state index is 0.0705. The number of carbonyl (C=O) groups excluding carboxylic acids is 1. The topological polar surface area (TPSA) is 64.9 Å². The third-order valence-corrected chi connectivity index (χ3v) is 9.31. The number of nitriles is 1. The summed E-state index contributed by atoms with van der Waals surface area (Å²) in [7, 11) is 0.604. The van der Waals surface area contributed by atoms with Crippen LogP contribution in [0.5, 0.6) is 0 Å². The molecule has 1 atom stereocenters. The molecule has 0 aromatic heterocycles. The van der Waals surface area contributed by atoms with Gasteiger partial charge in [-0.15, -0.1) is 0 Å². The van der Waals surface area contributed by atoms with Gasteiger partial charge < -0.3 is 5.32 Å². The minimum Gasteiger partial charge on any atom is -0.321 e. The first-order valence-electron chi connectivity index (χ1n) is 8.25. The van der Waals surface area contributed by atoms with Crippen LogP contribution in [0.15, 0.2) is 12.1 Å². The van der Waals surface area contributed by atoms with Crippen molar-refractivity contribution in [3.8, 4) is 6.07 Å². The molecule has 1 unspecified atom stereocenters. The predicted octanol–water partition coefficient (Wildman–Crippen LogP) is 3.49. The highest BCUT2D eigenvalue weighted by Gasteiger charge is 2.45. The second-order valence-electron chi connectivity index (χ2n) is 6.76. The molecule has 0 aliphatic carbocycles. The number of hydrogen-bond acceptors (Lipinski definition) is 3. The van der Waals surface area contributed by atoms with Gasteiger partial charge in [0.25, 0.3) is 5.91 Å². The SMILES string of the molecule is CNC(C(=O)Nc1c(C)cc(C#N)cc1C)[P+]1(C)CCCCC1. The van der Waals surface area contributed by atoms with Gasteiger partial charge in [-0.1, -0.05) is 0 Å². The van der Waals surface area contributed by atoms with E-state index in [1.165, 1.54) is 31.6 Å². The third-order valence-electron chi connectivity index (χ3n) is 4.89. The number of hydrogen-bond donors (Lipinski definition) is 2. The summed E-state index contributed by atoms with van der Waals surface area (Å²) < 4.78 is 0. The third kappa shape index (κ3) is 3.91. The molecule has 1 fully saturated rings. The maximum Gasteiger partial charge on any atom is 0.280 e. The second kappa shape index (κ2) is 7.43. The predicted molar refractivity (Wildman–Crippen MR) is 98.5 cm³/mol. The average molecular weight is 332 g/mol.